The molecule has 4 aromatic rings. The van der Waals surface area contributed by atoms with Crippen molar-refractivity contribution in [3.05, 3.63) is 65.1 Å². The predicted octanol–water partition coefficient (Wildman–Crippen LogP) is 6.78. The molecule has 2 nitrogen and oxygen atoms in total. The summed E-state index contributed by atoms with van der Waals surface area (Å²) in [5, 5.41) is 2.39. The van der Waals surface area contributed by atoms with Crippen LogP contribution in [0.3, 0.4) is 0 Å². The molecule has 0 atom stereocenters. The molecule has 4 heteroatoms. The van der Waals surface area contributed by atoms with Crippen LogP contribution in [0, 0.1) is 0 Å². The van der Waals surface area contributed by atoms with E-state index in [0.29, 0.717) is 0 Å². The lowest BCUT2D eigenvalue weighted by atomic mass is 9.96. The number of halogens is 1. The smallest absolute Gasteiger partial charge is 0.239 e. The van der Waals surface area contributed by atoms with Crippen molar-refractivity contribution in [2.24, 2.45) is 0 Å². The van der Waals surface area contributed by atoms with Crippen molar-refractivity contribution >= 4 is 47.4 Å². The van der Waals surface area contributed by atoms with Crippen LogP contribution < -0.4 is 9.47 Å². The molecule has 4 rings (SSSR count). The monoisotopic (exact) mass is 411 g/mol. The van der Waals surface area contributed by atoms with Gasteiger partial charge in [-0.15, -0.1) is 0 Å². The maximum atomic E-state index is 5.75. The Morgan fingerprint density at radius 3 is 1.88 bits per heavy atom. The van der Waals surface area contributed by atoms with Gasteiger partial charge in [-0.1, -0.05) is 24.3 Å². The first kappa shape index (κ1) is 16.3. The van der Waals surface area contributed by atoms with E-state index in [1.54, 1.807) is 25.6 Å². The number of benzene rings is 3. The summed E-state index contributed by atoms with van der Waals surface area (Å²) in [5.74, 6) is 1.58. The van der Waals surface area contributed by atoms with E-state index in [9.17, 15) is 0 Å². The Balaban J connectivity index is 2.26. The fraction of sp³-hybridized carbons (Fsp3) is 0.0952. The molecule has 0 saturated carbocycles. The predicted molar refractivity (Wildman–Crippen MR) is 110 cm³/mol. The van der Waals surface area contributed by atoms with E-state index in [0.717, 1.165) is 27.1 Å². The van der Waals surface area contributed by atoms with Crippen LogP contribution in [0.1, 0.15) is 0 Å². The van der Waals surface area contributed by atoms with Crippen molar-refractivity contribution in [3.63, 3.8) is 0 Å². The van der Waals surface area contributed by atoms with Crippen LogP contribution >= 0.6 is 27.3 Å². The lowest BCUT2D eigenvalue weighted by Crippen LogP contribution is -1.95. The third-order valence-electron chi connectivity index (χ3n) is 4.28. The molecule has 124 valence electrons. The first-order valence-corrected chi connectivity index (χ1v) is 9.50. The van der Waals surface area contributed by atoms with Crippen molar-refractivity contribution in [2.75, 3.05) is 14.2 Å². The largest absolute Gasteiger partial charge is 0.496 e. The molecule has 0 unspecified atom stereocenters. The minimum Gasteiger partial charge on any atom is -0.496 e. The molecule has 25 heavy (non-hydrogen) atoms. The second-order valence-electron chi connectivity index (χ2n) is 5.63. The SMILES string of the molecule is COc1ccc(Br)c(OC)c1-c1c2ccccc2[s+]c2ccccc12. The minimum absolute atomic E-state index is 0.783. The zero-order valence-electron chi connectivity index (χ0n) is 13.9. The Morgan fingerprint density at radius 2 is 1.32 bits per heavy atom. The van der Waals surface area contributed by atoms with Crippen molar-refractivity contribution in [1.29, 1.82) is 0 Å². The molecule has 0 aliphatic heterocycles. The highest BCUT2D eigenvalue weighted by molar-refractivity contribution is 9.10. The van der Waals surface area contributed by atoms with Crippen LogP contribution in [0.25, 0.3) is 31.3 Å². The summed E-state index contributed by atoms with van der Waals surface area (Å²) in [4.78, 5) is 0. The molecule has 0 amide bonds. The molecule has 0 radical (unpaired) electrons. The Morgan fingerprint density at radius 1 is 0.720 bits per heavy atom. The van der Waals surface area contributed by atoms with Crippen LogP contribution in [0.5, 0.6) is 11.5 Å². The van der Waals surface area contributed by atoms with Gasteiger partial charge in [0.25, 0.3) is 0 Å². The van der Waals surface area contributed by atoms with Gasteiger partial charge in [-0.25, -0.2) is 0 Å². The Hall–Kier alpha value is -2.17. The number of hydrogen-bond donors (Lipinski definition) is 0. The van der Waals surface area contributed by atoms with E-state index >= 15 is 0 Å². The molecule has 0 aliphatic carbocycles. The van der Waals surface area contributed by atoms with E-state index in [1.165, 1.54) is 20.2 Å². The number of hydrogen-bond acceptors (Lipinski definition) is 2. The first-order chi connectivity index (χ1) is 12.2. The summed E-state index contributed by atoms with van der Waals surface area (Å²) in [6.07, 6.45) is 0. The van der Waals surface area contributed by atoms with Gasteiger partial charge in [-0.3, -0.25) is 0 Å². The summed E-state index contributed by atoms with van der Waals surface area (Å²) in [6.45, 7) is 0. The summed E-state index contributed by atoms with van der Waals surface area (Å²) in [6, 6.07) is 20.9. The highest BCUT2D eigenvalue weighted by Crippen LogP contribution is 2.49. The Bertz CT molecular complexity index is 1040. The van der Waals surface area contributed by atoms with Gasteiger partial charge >= 0.3 is 0 Å². The number of rotatable bonds is 3. The van der Waals surface area contributed by atoms with Gasteiger partial charge in [0.05, 0.1) is 24.3 Å². The van der Waals surface area contributed by atoms with Gasteiger partial charge in [0.2, 0.25) is 20.7 Å². The third-order valence-corrected chi connectivity index (χ3v) is 6.05. The molecular formula is C21H16BrO2S+. The van der Waals surface area contributed by atoms with E-state index < -0.39 is 0 Å². The molecule has 0 N–H and O–H groups in total. The fourth-order valence-corrected chi connectivity index (χ4v) is 4.79. The average molecular weight is 412 g/mol. The van der Waals surface area contributed by atoms with Crippen molar-refractivity contribution < 1.29 is 9.47 Å². The molecule has 0 saturated heterocycles. The maximum Gasteiger partial charge on any atom is 0.239 e. The molecule has 3 aromatic carbocycles. The highest BCUT2D eigenvalue weighted by Gasteiger charge is 2.24. The zero-order chi connectivity index (χ0) is 17.4. The molecular weight excluding hydrogens is 396 g/mol. The summed E-state index contributed by atoms with van der Waals surface area (Å²) in [7, 11) is 3.39. The van der Waals surface area contributed by atoms with Crippen molar-refractivity contribution in [2.45, 2.75) is 0 Å². The lowest BCUT2D eigenvalue weighted by Gasteiger charge is -2.16. The van der Waals surface area contributed by atoms with E-state index in [-0.39, 0.29) is 0 Å². The normalized spacial score (nSPS) is 11.0. The van der Waals surface area contributed by atoms with Crippen molar-refractivity contribution in [3.8, 4) is 22.6 Å². The highest BCUT2D eigenvalue weighted by atomic mass is 79.9. The molecule has 0 aliphatic rings. The quantitative estimate of drug-likeness (QED) is 0.273. The second kappa shape index (κ2) is 6.62. The van der Waals surface area contributed by atoms with Crippen molar-refractivity contribution in [1.82, 2.24) is 0 Å². The summed E-state index contributed by atoms with van der Waals surface area (Å²) in [5.41, 5.74) is 2.11. The third kappa shape index (κ3) is 2.66. The minimum atomic E-state index is 0.783. The van der Waals surface area contributed by atoms with Gasteiger partial charge < -0.3 is 9.47 Å². The first-order valence-electron chi connectivity index (χ1n) is 7.89. The molecule has 1 heterocycles. The van der Waals surface area contributed by atoms with E-state index in [2.05, 4.69) is 64.5 Å². The van der Waals surface area contributed by atoms with Crippen LogP contribution in [-0.2, 0) is 0 Å². The molecule has 0 spiro atoms. The standard InChI is InChI=1S/C21H16BrO2S/c1-23-16-12-11-15(22)21(24-2)20(16)19-13-7-3-5-9-17(13)25-18-10-6-4-8-14(18)19/h3-12H,1-2H3/q+1. The zero-order valence-corrected chi connectivity index (χ0v) is 16.3. The van der Waals surface area contributed by atoms with E-state index in [4.69, 9.17) is 9.47 Å². The summed E-state index contributed by atoms with van der Waals surface area (Å²) < 4.78 is 14.8. The van der Waals surface area contributed by atoms with Gasteiger partial charge in [-0.2, -0.15) is 0 Å². The topological polar surface area (TPSA) is 18.5 Å². The number of ether oxygens (including phenoxy) is 2. The lowest BCUT2D eigenvalue weighted by molar-refractivity contribution is 0.396. The second-order valence-corrected chi connectivity index (χ2v) is 7.57. The van der Waals surface area contributed by atoms with Gasteiger partial charge in [0, 0.05) is 28.5 Å². The fourth-order valence-electron chi connectivity index (χ4n) is 3.20. The average Bonchev–Trinajstić information content (AvgIpc) is 2.66. The maximum absolute atomic E-state index is 5.75. The summed E-state index contributed by atoms with van der Waals surface area (Å²) >= 11 is 5.42. The van der Waals surface area contributed by atoms with Crippen LogP contribution in [0.2, 0.25) is 0 Å². The number of methoxy groups -OCH3 is 2. The Kier molecular flexibility index (Phi) is 4.32. The van der Waals surface area contributed by atoms with Crippen LogP contribution in [0.4, 0.5) is 0 Å². The molecule has 0 bridgehead atoms. The van der Waals surface area contributed by atoms with Gasteiger partial charge in [0.15, 0.2) is 0 Å². The molecule has 1 aromatic heterocycles. The molecule has 0 fully saturated rings. The van der Waals surface area contributed by atoms with Gasteiger partial charge in [0.1, 0.15) is 11.5 Å². The Labute approximate surface area is 158 Å². The van der Waals surface area contributed by atoms with E-state index in [1.807, 2.05) is 12.1 Å². The van der Waals surface area contributed by atoms with Gasteiger partial charge in [-0.05, 0) is 40.2 Å². The number of fused-ring (bicyclic) bond motifs is 2. The van der Waals surface area contributed by atoms with Crippen LogP contribution in [0.15, 0.2) is 65.1 Å². The van der Waals surface area contributed by atoms with Crippen LogP contribution in [-0.4, -0.2) is 14.2 Å².